The maximum Gasteiger partial charge on any atom is 0.233 e. The van der Waals surface area contributed by atoms with Crippen molar-refractivity contribution in [1.82, 2.24) is 19.7 Å². The van der Waals surface area contributed by atoms with Crippen LogP contribution in [0.3, 0.4) is 0 Å². The van der Waals surface area contributed by atoms with Gasteiger partial charge in [0.05, 0.1) is 12.4 Å². The lowest BCUT2D eigenvalue weighted by Gasteiger charge is -2.21. The Labute approximate surface area is 191 Å². The molecule has 162 valence electrons. The predicted molar refractivity (Wildman–Crippen MR) is 126 cm³/mol. The Morgan fingerprint density at radius 1 is 0.875 bits per heavy atom. The van der Waals surface area contributed by atoms with Crippen molar-refractivity contribution in [1.29, 1.82) is 0 Å². The van der Waals surface area contributed by atoms with Crippen LogP contribution >= 0.6 is 11.8 Å². The quantitative estimate of drug-likeness (QED) is 0.395. The molecule has 0 aliphatic carbocycles. The van der Waals surface area contributed by atoms with Crippen molar-refractivity contribution in [3.63, 3.8) is 0 Å². The number of rotatable bonds is 9. The van der Waals surface area contributed by atoms with Gasteiger partial charge in [0.25, 0.3) is 0 Å². The molecule has 7 heteroatoms. The SMILES string of the molecule is O=C(CSc1nnc(-c2ccccc2)n1-c1ccccc1)N(CCO)Cc1ccccc1. The maximum atomic E-state index is 13.0. The zero-order valence-corrected chi connectivity index (χ0v) is 18.4. The van der Waals surface area contributed by atoms with E-state index in [1.54, 1.807) is 4.90 Å². The third kappa shape index (κ3) is 5.25. The molecule has 4 aromatic rings. The van der Waals surface area contributed by atoms with Crippen LogP contribution in [-0.2, 0) is 11.3 Å². The van der Waals surface area contributed by atoms with Gasteiger partial charge < -0.3 is 10.0 Å². The minimum atomic E-state index is -0.0818. The van der Waals surface area contributed by atoms with Gasteiger partial charge in [-0.2, -0.15) is 0 Å². The average Bonchev–Trinajstić information content (AvgIpc) is 3.28. The number of thioether (sulfide) groups is 1. The molecule has 3 aromatic carbocycles. The second kappa shape index (κ2) is 10.7. The summed E-state index contributed by atoms with van der Waals surface area (Å²) in [6.07, 6.45) is 0. The fraction of sp³-hybridized carbons (Fsp3) is 0.160. The van der Waals surface area contributed by atoms with Crippen molar-refractivity contribution >= 4 is 17.7 Å². The number of nitrogens with zero attached hydrogens (tertiary/aromatic N) is 4. The maximum absolute atomic E-state index is 13.0. The Hall–Kier alpha value is -3.42. The first kappa shape index (κ1) is 21.8. The smallest absolute Gasteiger partial charge is 0.233 e. The van der Waals surface area contributed by atoms with Gasteiger partial charge in [0, 0.05) is 24.3 Å². The first-order chi connectivity index (χ1) is 15.8. The highest BCUT2D eigenvalue weighted by Crippen LogP contribution is 2.28. The number of hydrogen-bond donors (Lipinski definition) is 1. The normalized spacial score (nSPS) is 10.8. The van der Waals surface area contributed by atoms with E-state index >= 15 is 0 Å². The van der Waals surface area contributed by atoms with Gasteiger partial charge in [0.15, 0.2) is 11.0 Å². The molecular formula is C25H24N4O2S. The number of aliphatic hydroxyl groups is 1. The van der Waals surface area contributed by atoms with E-state index in [1.165, 1.54) is 11.8 Å². The highest BCUT2D eigenvalue weighted by Gasteiger charge is 2.19. The summed E-state index contributed by atoms with van der Waals surface area (Å²) in [4.78, 5) is 14.6. The van der Waals surface area contributed by atoms with Crippen LogP contribution in [0, 0.1) is 0 Å². The van der Waals surface area contributed by atoms with Crippen LogP contribution in [0.15, 0.2) is 96.2 Å². The third-order valence-electron chi connectivity index (χ3n) is 4.94. The first-order valence-electron chi connectivity index (χ1n) is 10.4. The number of carbonyl (C=O) groups is 1. The lowest BCUT2D eigenvalue weighted by atomic mass is 10.2. The summed E-state index contributed by atoms with van der Waals surface area (Å²) in [6, 6.07) is 29.5. The fourth-order valence-corrected chi connectivity index (χ4v) is 4.24. The summed E-state index contributed by atoms with van der Waals surface area (Å²) in [5.74, 6) is 0.868. The summed E-state index contributed by atoms with van der Waals surface area (Å²) in [6.45, 7) is 0.665. The van der Waals surface area contributed by atoms with Crippen molar-refractivity contribution in [2.24, 2.45) is 0 Å². The molecule has 0 atom stereocenters. The molecule has 0 bridgehead atoms. The van der Waals surface area contributed by atoms with Crippen molar-refractivity contribution in [2.75, 3.05) is 18.9 Å². The number of amides is 1. The number of aliphatic hydroxyl groups excluding tert-OH is 1. The average molecular weight is 445 g/mol. The predicted octanol–water partition coefficient (Wildman–Crippen LogP) is 4.05. The van der Waals surface area contributed by atoms with E-state index in [9.17, 15) is 9.90 Å². The number of aromatic nitrogens is 3. The minimum Gasteiger partial charge on any atom is -0.395 e. The highest BCUT2D eigenvalue weighted by atomic mass is 32.2. The second-order valence-electron chi connectivity index (χ2n) is 7.16. The summed E-state index contributed by atoms with van der Waals surface area (Å²) < 4.78 is 1.97. The second-order valence-corrected chi connectivity index (χ2v) is 8.10. The van der Waals surface area contributed by atoms with Crippen LogP contribution in [0.2, 0.25) is 0 Å². The Kier molecular flexibility index (Phi) is 7.32. The zero-order valence-electron chi connectivity index (χ0n) is 17.5. The van der Waals surface area contributed by atoms with E-state index in [1.807, 2.05) is 95.6 Å². The molecule has 0 fully saturated rings. The standard InChI is InChI=1S/C25H24N4O2S/c30-17-16-28(18-20-10-4-1-5-11-20)23(31)19-32-25-27-26-24(21-12-6-2-7-13-21)29(25)22-14-8-3-9-15-22/h1-15,30H,16-19H2. The molecule has 1 heterocycles. The van der Waals surface area contributed by atoms with Gasteiger partial charge in [-0.25, -0.2) is 0 Å². The summed E-state index contributed by atoms with van der Waals surface area (Å²) in [5.41, 5.74) is 2.91. The van der Waals surface area contributed by atoms with Gasteiger partial charge in [-0.05, 0) is 17.7 Å². The number of hydrogen-bond acceptors (Lipinski definition) is 5. The molecule has 32 heavy (non-hydrogen) atoms. The number of carbonyl (C=O) groups excluding carboxylic acids is 1. The molecule has 0 saturated heterocycles. The van der Waals surface area contributed by atoms with Crippen LogP contribution < -0.4 is 0 Å². The molecule has 0 radical (unpaired) electrons. The van der Waals surface area contributed by atoms with Crippen LogP contribution in [0.1, 0.15) is 5.56 Å². The molecular weight excluding hydrogens is 420 g/mol. The molecule has 1 amide bonds. The van der Waals surface area contributed by atoms with E-state index in [0.29, 0.717) is 11.7 Å². The molecule has 1 N–H and O–H groups in total. The van der Waals surface area contributed by atoms with E-state index in [2.05, 4.69) is 10.2 Å². The molecule has 0 saturated carbocycles. The molecule has 0 aliphatic rings. The van der Waals surface area contributed by atoms with Crippen LogP contribution in [0.4, 0.5) is 0 Å². The van der Waals surface area contributed by atoms with Crippen LogP contribution in [0.5, 0.6) is 0 Å². The number of para-hydroxylation sites is 1. The summed E-state index contributed by atoms with van der Waals surface area (Å²) in [5, 5.41) is 18.9. The number of benzene rings is 3. The van der Waals surface area contributed by atoms with Gasteiger partial charge in [-0.15, -0.1) is 10.2 Å². The Bertz CT molecular complexity index is 1130. The lowest BCUT2D eigenvalue weighted by Crippen LogP contribution is -2.34. The van der Waals surface area contributed by atoms with E-state index in [-0.39, 0.29) is 24.8 Å². The summed E-state index contributed by atoms with van der Waals surface area (Å²) >= 11 is 1.35. The van der Waals surface area contributed by atoms with Crippen molar-refractivity contribution in [3.05, 3.63) is 96.6 Å². The topological polar surface area (TPSA) is 71.2 Å². The fourth-order valence-electron chi connectivity index (χ4n) is 3.38. The van der Waals surface area contributed by atoms with Gasteiger partial charge in [0.1, 0.15) is 0 Å². The Morgan fingerprint density at radius 2 is 1.50 bits per heavy atom. The van der Waals surface area contributed by atoms with Gasteiger partial charge >= 0.3 is 0 Å². The lowest BCUT2D eigenvalue weighted by molar-refractivity contribution is -0.129. The van der Waals surface area contributed by atoms with E-state index in [0.717, 1.165) is 22.6 Å². The van der Waals surface area contributed by atoms with E-state index < -0.39 is 0 Å². The highest BCUT2D eigenvalue weighted by molar-refractivity contribution is 7.99. The molecule has 4 rings (SSSR count). The van der Waals surface area contributed by atoms with Crippen molar-refractivity contribution < 1.29 is 9.90 Å². The molecule has 0 aliphatic heterocycles. The van der Waals surface area contributed by atoms with Crippen molar-refractivity contribution in [2.45, 2.75) is 11.7 Å². The van der Waals surface area contributed by atoms with E-state index in [4.69, 9.17) is 0 Å². The third-order valence-corrected chi connectivity index (χ3v) is 5.86. The molecule has 6 nitrogen and oxygen atoms in total. The zero-order chi connectivity index (χ0) is 22.2. The molecule has 1 aromatic heterocycles. The largest absolute Gasteiger partial charge is 0.395 e. The van der Waals surface area contributed by atoms with Crippen LogP contribution in [-0.4, -0.2) is 49.6 Å². The van der Waals surface area contributed by atoms with Crippen molar-refractivity contribution in [3.8, 4) is 17.1 Å². The minimum absolute atomic E-state index is 0.0585. The summed E-state index contributed by atoms with van der Waals surface area (Å²) in [7, 11) is 0. The first-order valence-corrected chi connectivity index (χ1v) is 11.4. The van der Waals surface area contributed by atoms with Gasteiger partial charge in [-0.3, -0.25) is 9.36 Å². The van der Waals surface area contributed by atoms with Gasteiger partial charge in [0.2, 0.25) is 5.91 Å². The monoisotopic (exact) mass is 444 g/mol. The van der Waals surface area contributed by atoms with Crippen LogP contribution in [0.25, 0.3) is 17.1 Å². The van der Waals surface area contributed by atoms with Gasteiger partial charge in [-0.1, -0.05) is 90.6 Å². The Morgan fingerprint density at radius 3 is 2.16 bits per heavy atom. The molecule has 0 spiro atoms. The Balaban J connectivity index is 1.56. The molecule has 0 unspecified atom stereocenters.